The quantitative estimate of drug-likeness (QED) is 0.878. The number of carbonyl (C=O) groups excluding carboxylic acids is 1. The number of amides is 1. The number of piperidine rings is 1. The van der Waals surface area contributed by atoms with Gasteiger partial charge in [0.25, 0.3) is 5.91 Å². The van der Waals surface area contributed by atoms with E-state index in [1.54, 1.807) is 17.0 Å². The van der Waals surface area contributed by atoms with Crippen molar-refractivity contribution in [2.75, 3.05) is 19.7 Å². The summed E-state index contributed by atoms with van der Waals surface area (Å²) in [6, 6.07) is 4.87. The second kappa shape index (κ2) is 5.71. The average Bonchev–Trinajstić information content (AvgIpc) is 2.38. The highest BCUT2D eigenvalue weighted by molar-refractivity contribution is 9.10. The standard InChI is InChI=1S/C13H16BrNO3/c14-10-3-4-11(12(17)6-10)13(18)15-5-1-2-9(7-15)8-16/h3-4,6,9,16-17H,1-2,5,7-8H2. The van der Waals surface area contributed by atoms with Crippen LogP contribution in [0.1, 0.15) is 23.2 Å². The minimum atomic E-state index is -0.168. The van der Waals surface area contributed by atoms with Crippen LogP contribution in [-0.2, 0) is 0 Å². The fraction of sp³-hybridized carbons (Fsp3) is 0.462. The van der Waals surface area contributed by atoms with Crippen molar-refractivity contribution in [3.8, 4) is 5.75 Å². The van der Waals surface area contributed by atoms with Crippen LogP contribution in [0.5, 0.6) is 5.75 Å². The third-order valence-electron chi connectivity index (χ3n) is 3.25. The molecule has 0 bridgehead atoms. The number of nitrogens with zero attached hydrogens (tertiary/aromatic N) is 1. The summed E-state index contributed by atoms with van der Waals surface area (Å²) in [5, 5.41) is 18.9. The molecule has 98 valence electrons. The molecule has 1 amide bonds. The number of aromatic hydroxyl groups is 1. The number of rotatable bonds is 2. The van der Waals surface area contributed by atoms with Gasteiger partial charge >= 0.3 is 0 Å². The van der Waals surface area contributed by atoms with Crippen LogP contribution in [0.4, 0.5) is 0 Å². The van der Waals surface area contributed by atoms with E-state index in [-0.39, 0.29) is 24.2 Å². The molecule has 2 rings (SSSR count). The Hall–Kier alpha value is -1.07. The summed E-state index contributed by atoms with van der Waals surface area (Å²) < 4.78 is 0.739. The van der Waals surface area contributed by atoms with Crippen molar-refractivity contribution in [2.24, 2.45) is 5.92 Å². The predicted molar refractivity (Wildman–Crippen MR) is 71.5 cm³/mol. The maximum absolute atomic E-state index is 12.3. The Bertz CT molecular complexity index is 450. The minimum absolute atomic E-state index is 0.0134. The first-order chi connectivity index (χ1) is 8.61. The van der Waals surface area contributed by atoms with Gasteiger partial charge in [0.05, 0.1) is 5.56 Å². The summed E-state index contributed by atoms with van der Waals surface area (Å²) in [6.45, 7) is 1.35. The molecule has 0 saturated carbocycles. The summed E-state index contributed by atoms with van der Waals surface area (Å²) in [6.07, 6.45) is 1.85. The number of aliphatic hydroxyl groups excluding tert-OH is 1. The van der Waals surface area contributed by atoms with Crippen molar-refractivity contribution in [2.45, 2.75) is 12.8 Å². The van der Waals surface area contributed by atoms with Gasteiger partial charge in [-0.3, -0.25) is 4.79 Å². The maximum atomic E-state index is 12.3. The lowest BCUT2D eigenvalue weighted by Crippen LogP contribution is -2.40. The zero-order valence-corrected chi connectivity index (χ0v) is 11.6. The third-order valence-corrected chi connectivity index (χ3v) is 3.75. The number of benzene rings is 1. The second-order valence-electron chi connectivity index (χ2n) is 4.60. The molecule has 1 aliphatic heterocycles. The van der Waals surface area contributed by atoms with Crippen molar-refractivity contribution >= 4 is 21.8 Å². The smallest absolute Gasteiger partial charge is 0.257 e. The third kappa shape index (κ3) is 2.84. The minimum Gasteiger partial charge on any atom is -0.507 e. The second-order valence-corrected chi connectivity index (χ2v) is 5.52. The molecule has 1 aromatic carbocycles. The Balaban J connectivity index is 2.15. The van der Waals surface area contributed by atoms with Gasteiger partial charge in [-0.2, -0.15) is 0 Å². The van der Waals surface area contributed by atoms with Crippen molar-refractivity contribution < 1.29 is 15.0 Å². The molecule has 4 nitrogen and oxygen atoms in total. The molecule has 0 spiro atoms. The summed E-state index contributed by atoms with van der Waals surface area (Å²) >= 11 is 3.24. The van der Waals surface area contributed by atoms with E-state index in [0.29, 0.717) is 18.7 Å². The van der Waals surface area contributed by atoms with E-state index in [1.165, 1.54) is 6.07 Å². The fourth-order valence-corrected chi connectivity index (χ4v) is 2.60. The monoisotopic (exact) mass is 313 g/mol. The van der Waals surface area contributed by atoms with Crippen LogP contribution in [0.3, 0.4) is 0 Å². The molecule has 5 heteroatoms. The Morgan fingerprint density at radius 3 is 2.94 bits per heavy atom. The van der Waals surface area contributed by atoms with Crippen molar-refractivity contribution in [1.82, 2.24) is 4.90 Å². The van der Waals surface area contributed by atoms with Crippen LogP contribution in [0.2, 0.25) is 0 Å². The van der Waals surface area contributed by atoms with Gasteiger partial charge in [-0.05, 0) is 37.0 Å². The maximum Gasteiger partial charge on any atom is 0.257 e. The van der Waals surface area contributed by atoms with Crippen molar-refractivity contribution in [3.63, 3.8) is 0 Å². The number of aliphatic hydroxyl groups is 1. The summed E-state index contributed by atoms with van der Waals surface area (Å²) in [4.78, 5) is 14.0. The number of hydrogen-bond acceptors (Lipinski definition) is 3. The molecule has 0 aliphatic carbocycles. The van der Waals surface area contributed by atoms with E-state index < -0.39 is 0 Å². The summed E-state index contributed by atoms with van der Waals surface area (Å²) in [5.74, 6) is -0.0288. The van der Waals surface area contributed by atoms with Gasteiger partial charge in [-0.1, -0.05) is 15.9 Å². The molecular weight excluding hydrogens is 298 g/mol. The Labute approximate surface area is 114 Å². The predicted octanol–water partition coefficient (Wildman–Crippen LogP) is 2.00. The van der Waals surface area contributed by atoms with Crippen LogP contribution in [0, 0.1) is 5.92 Å². The fourth-order valence-electron chi connectivity index (χ4n) is 2.25. The molecule has 0 aromatic heterocycles. The van der Waals surface area contributed by atoms with Gasteiger partial charge in [0.15, 0.2) is 0 Å². The normalized spacial score (nSPS) is 19.9. The lowest BCUT2D eigenvalue weighted by molar-refractivity contribution is 0.0618. The van der Waals surface area contributed by atoms with E-state index in [2.05, 4.69) is 15.9 Å². The molecular formula is C13H16BrNO3. The lowest BCUT2D eigenvalue weighted by atomic mass is 9.98. The Morgan fingerprint density at radius 2 is 2.28 bits per heavy atom. The zero-order chi connectivity index (χ0) is 13.1. The number of halogens is 1. The van der Waals surface area contributed by atoms with Gasteiger partial charge < -0.3 is 15.1 Å². The number of carbonyl (C=O) groups is 1. The SMILES string of the molecule is O=C(c1ccc(Br)cc1O)N1CCCC(CO)C1. The van der Waals surface area contributed by atoms with Gasteiger partial charge in [-0.15, -0.1) is 0 Å². The van der Waals surface area contributed by atoms with Gasteiger partial charge in [0.1, 0.15) is 5.75 Å². The van der Waals surface area contributed by atoms with E-state index in [4.69, 9.17) is 5.11 Å². The van der Waals surface area contributed by atoms with Crippen LogP contribution >= 0.6 is 15.9 Å². The first-order valence-corrected chi connectivity index (χ1v) is 6.79. The van der Waals surface area contributed by atoms with Crippen LogP contribution in [-0.4, -0.2) is 40.7 Å². The number of likely N-dealkylation sites (tertiary alicyclic amines) is 1. The highest BCUT2D eigenvalue weighted by Crippen LogP contribution is 2.25. The van der Waals surface area contributed by atoms with Crippen molar-refractivity contribution in [1.29, 1.82) is 0 Å². The highest BCUT2D eigenvalue weighted by atomic mass is 79.9. The Kier molecular flexibility index (Phi) is 4.24. The number of phenols is 1. The van der Waals surface area contributed by atoms with Crippen LogP contribution in [0.15, 0.2) is 22.7 Å². The molecule has 1 atom stereocenters. The number of hydrogen-bond donors (Lipinski definition) is 2. The topological polar surface area (TPSA) is 60.8 Å². The summed E-state index contributed by atoms with van der Waals surface area (Å²) in [5.41, 5.74) is 0.316. The molecule has 0 radical (unpaired) electrons. The molecule has 1 unspecified atom stereocenters. The van der Waals surface area contributed by atoms with E-state index in [9.17, 15) is 9.90 Å². The average molecular weight is 314 g/mol. The van der Waals surface area contributed by atoms with Crippen LogP contribution in [0.25, 0.3) is 0 Å². The molecule has 1 aliphatic rings. The van der Waals surface area contributed by atoms with Crippen LogP contribution < -0.4 is 0 Å². The molecule has 18 heavy (non-hydrogen) atoms. The first-order valence-electron chi connectivity index (χ1n) is 6.00. The molecule has 1 saturated heterocycles. The van der Waals surface area contributed by atoms with E-state index in [1.807, 2.05) is 0 Å². The summed E-state index contributed by atoms with van der Waals surface area (Å²) in [7, 11) is 0. The van der Waals surface area contributed by atoms with Gasteiger partial charge in [-0.25, -0.2) is 0 Å². The molecule has 1 heterocycles. The van der Waals surface area contributed by atoms with Gasteiger partial charge in [0, 0.05) is 24.2 Å². The highest BCUT2D eigenvalue weighted by Gasteiger charge is 2.25. The number of phenolic OH excluding ortho intramolecular Hbond substituents is 1. The van der Waals surface area contributed by atoms with Crippen molar-refractivity contribution in [3.05, 3.63) is 28.2 Å². The van der Waals surface area contributed by atoms with E-state index >= 15 is 0 Å². The molecule has 1 fully saturated rings. The molecule has 1 aromatic rings. The Morgan fingerprint density at radius 1 is 1.50 bits per heavy atom. The molecule has 2 N–H and O–H groups in total. The largest absolute Gasteiger partial charge is 0.507 e. The van der Waals surface area contributed by atoms with Gasteiger partial charge in [0.2, 0.25) is 0 Å². The zero-order valence-electron chi connectivity index (χ0n) is 9.97. The lowest BCUT2D eigenvalue weighted by Gasteiger charge is -2.32. The first kappa shape index (κ1) is 13.4. The van der Waals surface area contributed by atoms with E-state index in [0.717, 1.165) is 17.3 Å².